The Morgan fingerprint density at radius 3 is 2.62 bits per heavy atom. The molecule has 0 heterocycles. The Balaban J connectivity index is 1.88. The van der Waals surface area contributed by atoms with Crippen LogP contribution in [0.4, 0.5) is 0 Å². The maximum Gasteiger partial charge on any atom is 0.338 e. The molecule has 2 nitrogen and oxygen atoms in total. The first-order valence-corrected chi connectivity index (χ1v) is 6.03. The third-order valence-electron chi connectivity index (χ3n) is 3.14. The zero-order valence-electron chi connectivity index (χ0n) is 9.58. The van der Waals surface area contributed by atoms with Crippen molar-refractivity contribution in [3.63, 3.8) is 0 Å². The van der Waals surface area contributed by atoms with Gasteiger partial charge in [-0.15, -0.1) is 0 Å². The first-order valence-electron chi connectivity index (χ1n) is 6.03. The molecule has 0 atom stereocenters. The van der Waals surface area contributed by atoms with Crippen LogP contribution < -0.4 is 0 Å². The van der Waals surface area contributed by atoms with E-state index in [4.69, 9.17) is 4.74 Å². The molecule has 2 heteroatoms. The van der Waals surface area contributed by atoms with Crippen LogP contribution in [-0.4, -0.2) is 12.1 Å². The molecule has 0 aromatic heterocycles. The minimum Gasteiger partial charge on any atom is -0.459 e. The molecule has 0 bridgehead atoms. The van der Waals surface area contributed by atoms with E-state index in [0.29, 0.717) is 5.57 Å². The molecule has 86 valence electrons. The lowest BCUT2D eigenvalue weighted by Gasteiger charge is -2.22. The Kier molecular flexibility index (Phi) is 3.60. The Hall–Kier alpha value is -1.31. The molecule has 2 aliphatic rings. The van der Waals surface area contributed by atoms with Crippen LogP contribution in [0.2, 0.25) is 0 Å². The van der Waals surface area contributed by atoms with Gasteiger partial charge in [-0.25, -0.2) is 4.79 Å². The molecule has 0 unspecified atom stereocenters. The van der Waals surface area contributed by atoms with Crippen molar-refractivity contribution in [2.24, 2.45) is 0 Å². The summed E-state index contributed by atoms with van der Waals surface area (Å²) < 4.78 is 5.48. The van der Waals surface area contributed by atoms with Gasteiger partial charge in [-0.1, -0.05) is 30.7 Å². The Morgan fingerprint density at radius 2 is 2.00 bits per heavy atom. The third-order valence-corrected chi connectivity index (χ3v) is 3.14. The molecule has 1 fully saturated rings. The van der Waals surface area contributed by atoms with E-state index in [0.717, 1.165) is 24.8 Å². The maximum atomic E-state index is 11.8. The second-order valence-corrected chi connectivity index (χ2v) is 4.52. The molecule has 2 rings (SSSR count). The fraction of sp³-hybridized carbons (Fsp3) is 0.500. The van der Waals surface area contributed by atoms with Crippen LogP contribution >= 0.6 is 0 Å². The Morgan fingerprint density at radius 1 is 1.25 bits per heavy atom. The lowest BCUT2D eigenvalue weighted by molar-refractivity contribution is -0.145. The van der Waals surface area contributed by atoms with Gasteiger partial charge in [0.2, 0.25) is 0 Å². The summed E-state index contributed by atoms with van der Waals surface area (Å²) in [7, 11) is 0. The summed E-state index contributed by atoms with van der Waals surface area (Å²) in [6, 6.07) is 0. The first kappa shape index (κ1) is 11.2. The van der Waals surface area contributed by atoms with Crippen LogP contribution in [0.3, 0.4) is 0 Å². The van der Waals surface area contributed by atoms with E-state index in [1.165, 1.54) is 19.3 Å². The smallest absolute Gasteiger partial charge is 0.338 e. The van der Waals surface area contributed by atoms with Gasteiger partial charge in [-0.05, 0) is 38.2 Å². The highest BCUT2D eigenvalue weighted by Gasteiger charge is 2.19. The van der Waals surface area contributed by atoms with Crippen LogP contribution in [0.5, 0.6) is 0 Å². The molecule has 0 spiro atoms. The van der Waals surface area contributed by atoms with Gasteiger partial charge in [0.1, 0.15) is 6.10 Å². The van der Waals surface area contributed by atoms with Crippen molar-refractivity contribution in [1.29, 1.82) is 0 Å². The fourth-order valence-electron chi connectivity index (χ4n) is 2.14. The van der Waals surface area contributed by atoms with Gasteiger partial charge in [0.15, 0.2) is 0 Å². The lowest BCUT2D eigenvalue weighted by Crippen LogP contribution is -2.21. The molecule has 0 amide bonds. The summed E-state index contributed by atoms with van der Waals surface area (Å²) in [5.74, 6) is -0.171. The predicted molar refractivity (Wildman–Crippen MR) is 63.9 cm³/mol. The normalized spacial score (nSPS) is 21.8. The van der Waals surface area contributed by atoms with E-state index in [1.54, 1.807) is 6.08 Å². The summed E-state index contributed by atoms with van der Waals surface area (Å²) in [6.07, 6.45) is 12.2. The first-order chi connectivity index (χ1) is 7.75. The van der Waals surface area contributed by atoms with Crippen LogP contribution in [0.25, 0.3) is 0 Å². The molecule has 0 aliphatic heterocycles. The predicted octanol–water partition coefficient (Wildman–Crippen LogP) is 3.30. The number of hydrogen-bond acceptors (Lipinski definition) is 2. The van der Waals surface area contributed by atoms with Crippen molar-refractivity contribution in [3.8, 4) is 0 Å². The lowest BCUT2D eigenvalue weighted by atomic mass is 9.97. The second-order valence-electron chi connectivity index (χ2n) is 4.52. The van der Waals surface area contributed by atoms with Gasteiger partial charge >= 0.3 is 5.97 Å². The quantitative estimate of drug-likeness (QED) is 0.665. The van der Waals surface area contributed by atoms with Crippen molar-refractivity contribution in [2.45, 2.75) is 44.6 Å². The summed E-state index contributed by atoms with van der Waals surface area (Å²) in [4.78, 5) is 11.8. The fourth-order valence-corrected chi connectivity index (χ4v) is 2.14. The van der Waals surface area contributed by atoms with Crippen LogP contribution in [0, 0.1) is 0 Å². The van der Waals surface area contributed by atoms with Gasteiger partial charge in [0.05, 0.1) is 5.57 Å². The summed E-state index contributed by atoms with van der Waals surface area (Å²) in [5.41, 5.74) is 1.71. The largest absolute Gasteiger partial charge is 0.459 e. The number of allylic oxidation sites excluding steroid dienone is 3. The Bertz CT molecular complexity index is 344. The molecular weight excluding hydrogens is 200 g/mol. The highest BCUT2D eigenvalue weighted by atomic mass is 16.5. The average Bonchev–Trinajstić information content (AvgIpc) is 2.31. The number of carbonyl (C=O) groups is 1. The molecule has 0 saturated heterocycles. The number of hydrogen-bond donors (Lipinski definition) is 0. The zero-order valence-corrected chi connectivity index (χ0v) is 9.58. The average molecular weight is 218 g/mol. The van der Waals surface area contributed by atoms with E-state index in [9.17, 15) is 4.79 Å². The van der Waals surface area contributed by atoms with Crippen molar-refractivity contribution in [3.05, 3.63) is 36.0 Å². The van der Waals surface area contributed by atoms with Crippen LogP contribution in [0.15, 0.2) is 36.0 Å². The SMILES string of the molecule is C=C1C=CC(C(=O)OC2CCCCC2)=CC1. The number of rotatable bonds is 2. The van der Waals surface area contributed by atoms with Crippen LogP contribution in [0.1, 0.15) is 38.5 Å². The maximum absolute atomic E-state index is 11.8. The monoisotopic (exact) mass is 218 g/mol. The second kappa shape index (κ2) is 5.15. The zero-order chi connectivity index (χ0) is 11.4. The molecule has 2 aliphatic carbocycles. The van der Waals surface area contributed by atoms with Gasteiger partial charge in [0, 0.05) is 0 Å². The minimum atomic E-state index is -0.171. The van der Waals surface area contributed by atoms with E-state index < -0.39 is 0 Å². The minimum absolute atomic E-state index is 0.140. The molecule has 0 aromatic rings. The molecule has 0 aromatic carbocycles. The van der Waals surface area contributed by atoms with Gasteiger partial charge in [0.25, 0.3) is 0 Å². The van der Waals surface area contributed by atoms with Crippen molar-refractivity contribution >= 4 is 5.97 Å². The topological polar surface area (TPSA) is 26.3 Å². The van der Waals surface area contributed by atoms with Gasteiger partial charge in [-0.3, -0.25) is 0 Å². The van der Waals surface area contributed by atoms with Crippen LogP contribution in [-0.2, 0) is 9.53 Å². The number of esters is 1. The third kappa shape index (κ3) is 2.84. The molecule has 0 N–H and O–H groups in total. The van der Waals surface area contributed by atoms with Crippen molar-refractivity contribution < 1.29 is 9.53 Å². The van der Waals surface area contributed by atoms with E-state index in [2.05, 4.69) is 6.58 Å². The van der Waals surface area contributed by atoms with Crippen molar-refractivity contribution in [1.82, 2.24) is 0 Å². The molecule has 1 saturated carbocycles. The summed E-state index contributed by atoms with van der Waals surface area (Å²) in [5, 5.41) is 0. The van der Waals surface area contributed by atoms with Crippen molar-refractivity contribution in [2.75, 3.05) is 0 Å². The summed E-state index contributed by atoms with van der Waals surface area (Å²) >= 11 is 0. The Labute approximate surface area is 96.7 Å². The van der Waals surface area contributed by atoms with Gasteiger partial charge < -0.3 is 4.74 Å². The molecular formula is C14H18O2. The van der Waals surface area contributed by atoms with E-state index in [-0.39, 0.29) is 12.1 Å². The standard InChI is InChI=1S/C14H18O2/c1-11-7-9-12(10-8-11)14(15)16-13-5-3-2-4-6-13/h7,9-10,13H,1-6,8H2. The van der Waals surface area contributed by atoms with E-state index in [1.807, 2.05) is 12.2 Å². The van der Waals surface area contributed by atoms with Gasteiger partial charge in [-0.2, -0.15) is 0 Å². The number of carbonyl (C=O) groups excluding carboxylic acids is 1. The number of ether oxygens (including phenoxy) is 1. The summed E-state index contributed by atoms with van der Waals surface area (Å²) in [6.45, 7) is 3.84. The molecule has 16 heavy (non-hydrogen) atoms. The van der Waals surface area contributed by atoms with E-state index >= 15 is 0 Å². The molecule has 0 radical (unpaired) electrons. The highest BCUT2D eigenvalue weighted by Crippen LogP contribution is 2.22. The highest BCUT2D eigenvalue weighted by molar-refractivity contribution is 5.92.